The second-order valence-electron chi connectivity index (χ2n) is 5.23. The minimum atomic E-state index is -3.93. The zero-order chi connectivity index (χ0) is 15.5. The standard InChI is InChI=1S/C14H20F2N2O2S/c1-17-8-7-12-4-2-3-9-18(12)21(19,20)14-6-5-11(15)10-13(14)16/h5-6,10,12,17H,2-4,7-9H2,1H3. The van der Waals surface area contributed by atoms with Gasteiger partial charge in [0.2, 0.25) is 10.0 Å². The summed E-state index contributed by atoms with van der Waals surface area (Å²) >= 11 is 0. The number of benzene rings is 1. The molecule has 2 rings (SSSR count). The molecule has 0 saturated carbocycles. The van der Waals surface area contributed by atoms with Gasteiger partial charge in [0.05, 0.1) is 0 Å². The Balaban J connectivity index is 2.31. The highest BCUT2D eigenvalue weighted by atomic mass is 32.2. The first-order valence-corrected chi connectivity index (χ1v) is 8.52. The van der Waals surface area contributed by atoms with E-state index < -0.39 is 26.6 Å². The molecular weight excluding hydrogens is 298 g/mol. The summed E-state index contributed by atoms with van der Waals surface area (Å²) in [5.74, 6) is -1.82. The summed E-state index contributed by atoms with van der Waals surface area (Å²) in [5, 5.41) is 3.00. The van der Waals surface area contributed by atoms with Gasteiger partial charge >= 0.3 is 0 Å². The maximum Gasteiger partial charge on any atom is 0.246 e. The van der Waals surface area contributed by atoms with Crippen LogP contribution < -0.4 is 5.32 Å². The molecule has 0 amide bonds. The van der Waals surface area contributed by atoms with Crippen molar-refractivity contribution in [2.75, 3.05) is 20.1 Å². The lowest BCUT2D eigenvalue weighted by molar-refractivity contribution is 0.239. The molecule has 4 nitrogen and oxygen atoms in total. The topological polar surface area (TPSA) is 49.4 Å². The monoisotopic (exact) mass is 318 g/mol. The molecule has 1 aromatic carbocycles. The van der Waals surface area contributed by atoms with E-state index in [2.05, 4.69) is 5.32 Å². The number of nitrogens with one attached hydrogen (secondary N) is 1. The van der Waals surface area contributed by atoms with Crippen LogP contribution in [0.1, 0.15) is 25.7 Å². The minimum absolute atomic E-state index is 0.138. The van der Waals surface area contributed by atoms with Crippen LogP contribution in [0.5, 0.6) is 0 Å². The van der Waals surface area contributed by atoms with E-state index in [0.717, 1.165) is 31.4 Å². The molecule has 1 aliphatic heterocycles. The second-order valence-corrected chi connectivity index (χ2v) is 7.09. The molecule has 1 unspecified atom stereocenters. The SMILES string of the molecule is CNCCC1CCCCN1S(=O)(=O)c1ccc(F)cc1F. The van der Waals surface area contributed by atoms with Gasteiger partial charge in [-0.25, -0.2) is 17.2 Å². The lowest BCUT2D eigenvalue weighted by Gasteiger charge is -2.34. The van der Waals surface area contributed by atoms with Crippen molar-refractivity contribution in [1.29, 1.82) is 0 Å². The second kappa shape index (κ2) is 6.81. The predicted molar refractivity (Wildman–Crippen MR) is 76.4 cm³/mol. The summed E-state index contributed by atoms with van der Waals surface area (Å²) in [5.41, 5.74) is 0. The molecule has 1 atom stereocenters. The van der Waals surface area contributed by atoms with Crippen molar-refractivity contribution < 1.29 is 17.2 Å². The largest absolute Gasteiger partial charge is 0.320 e. The smallest absolute Gasteiger partial charge is 0.246 e. The molecule has 0 aromatic heterocycles. The molecule has 1 aromatic rings. The number of halogens is 2. The average molecular weight is 318 g/mol. The molecule has 7 heteroatoms. The van der Waals surface area contributed by atoms with Gasteiger partial charge in [-0.05, 0) is 45.0 Å². The van der Waals surface area contributed by atoms with Gasteiger partial charge < -0.3 is 5.32 Å². The van der Waals surface area contributed by atoms with Crippen LogP contribution in [-0.2, 0) is 10.0 Å². The number of sulfonamides is 1. The number of hydrogen-bond acceptors (Lipinski definition) is 3. The summed E-state index contributed by atoms with van der Waals surface area (Å²) in [6, 6.07) is 2.45. The molecule has 0 spiro atoms. The highest BCUT2D eigenvalue weighted by Gasteiger charge is 2.34. The van der Waals surface area contributed by atoms with Crippen LogP contribution in [0, 0.1) is 11.6 Å². The Hall–Kier alpha value is -1.05. The Bertz CT molecular complexity index is 593. The number of hydrogen-bond donors (Lipinski definition) is 1. The van der Waals surface area contributed by atoms with E-state index in [1.165, 1.54) is 4.31 Å². The third kappa shape index (κ3) is 3.59. The molecule has 21 heavy (non-hydrogen) atoms. The molecule has 1 heterocycles. The quantitative estimate of drug-likeness (QED) is 0.905. The van der Waals surface area contributed by atoms with Gasteiger partial charge in [-0.15, -0.1) is 0 Å². The van der Waals surface area contributed by atoms with Crippen molar-refractivity contribution in [3.63, 3.8) is 0 Å². The van der Waals surface area contributed by atoms with Gasteiger partial charge in [0.25, 0.3) is 0 Å². The average Bonchev–Trinajstić information content (AvgIpc) is 2.45. The van der Waals surface area contributed by atoms with Crippen molar-refractivity contribution in [3.8, 4) is 0 Å². The molecule has 1 aliphatic rings. The van der Waals surface area contributed by atoms with E-state index in [0.29, 0.717) is 25.6 Å². The van der Waals surface area contributed by atoms with Crippen molar-refractivity contribution in [1.82, 2.24) is 9.62 Å². The molecular formula is C14H20F2N2O2S. The van der Waals surface area contributed by atoms with Crippen LogP contribution in [0.15, 0.2) is 23.1 Å². The van der Waals surface area contributed by atoms with Crippen LogP contribution in [0.25, 0.3) is 0 Å². The highest BCUT2D eigenvalue weighted by molar-refractivity contribution is 7.89. The number of piperidine rings is 1. The number of rotatable bonds is 5. The fourth-order valence-electron chi connectivity index (χ4n) is 2.70. The summed E-state index contributed by atoms with van der Waals surface area (Å²) < 4.78 is 53.4. The zero-order valence-corrected chi connectivity index (χ0v) is 12.8. The normalized spacial score (nSPS) is 20.6. The maximum absolute atomic E-state index is 13.8. The lowest BCUT2D eigenvalue weighted by Crippen LogP contribution is -2.44. The Morgan fingerprint density at radius 1 is 1.33 bits per heavy atom. The van der Waals surface area contributed by atoms with E-state index in [-0.39, 0.29) is 6.04 Å². The van der Waals surface area contributed by atoms with E-state index in [1.807, 2.05) is 0 Å². The van der Waals surface area contributed by atoms with Crippen molar-refractivity contribution in [3.05, 3.63) is 29.8 Å². The number of nitrogens with zero attached hydrogens (tertiary/aromatic N) is 1. The fraction of sp³-hybridized carbons (Fsp3) is 0.571. The van der Waals surface area contributed by atoms with Gasteiger partial charge in [-0.1, -0.05) is 6.42 Å². The van der Waals surface area contributed by atoms with Crippen LogP contribution in [-0.4, -0.2) is 38.9 Å². The first kappa shape index (κ1) is 16.3. The molecule has 1 N–H and O–H groups in total. The Labute approximate surface area is 124 Å². The fourth-order valence-corrected chi connectivity index (χ4v) is 4.47. The van der Waals surface area contributed by atoms with Crippen LogP contribution >= 0.6 is 0 Å². The first-order chi connectivity index (χ1) is 9.96. The van der Waals surface area contributed by atoms with Gasteiger partial charge in [0, 0.05) is 18.7 Å². The molecule has 118 valence electrons. The Kier molecular flexibility index (Phi) is 5.29. The predicted octanol–water partition coefficient (Wildman–Crippen LogP) is 2.12. The van der Waals surface area contributed by atoms with Crippen LogP contribution in [0.3, 0.4) is 0 Å². The molecule has 1 saturated heterocycles. The van der Waals surface area contributed by atoms with Crippen LogP contribution in [0.4, 0.5) is 8.78 Å². The summed E-state index contributed by atoms with van der Waals surface area (Å²) in [7, 11) is -2.12. The third-order valence-corrected chi connectivity index (χ3v) is 5.77. The molecule has 0 aliphatic carbocycles. The minimum Gasteiger partial charge on any atom is -0.320 e. The maximum atomic E-state index is 13.8. The summed E-state index contributed by atoms with van der Waals surface area (Å²) in [6.07, 6.45) is 3.17. The first-order valence-electron chi connectivity index (χ1n) is 7.08. The van der Waals surface area contributed by atoms with E-state index in [4.69, 9.17) is 0 Å². The van der Waals surface area contributed by atoms with E-state index in [1.54, 1.807) is 7.05 Å². The van der Waals surface area contributed by atoms with Crippen molar-refractivity contribution in [2.24, 2.45) is 0 Å². The van der Waals surface area contributed by atoms with Crippen molar-refractivity contribution >= 4 is 10.0 Å². The molecule has 0 radical (unpaired) electrons. The summed E-state index contributed by atoms with van der Waals surface area (Å²) in [4.78, 5) is -0.444. The molecule has 1 fully saturated rings. The summed E-state index contributed by atoms with van der Waals surface area (Å²) in [6.45, 7) is 1.08. The van der Waals surface area contributed by atoms with Gasteiger partial charge in [0.1, 0.15) is 16.5 Å². The van der Waals surface area contributed by atoms with Gasteiger partial charge in [-0.3, -0.25) is 0 Å². The highest BCUT2D eigenvalue weighted by Crippen LogP contribution is 2.28. The third-order valence-electron chi connectivity index (χ3n) is 3.78. The lowest BCUT2D eigenvalue weighted by atomic mass is 10.0. The van der Waals surface area contributed by atoms with Crippen LogP contribution in [0.2, 0.25) is 0 Å². The van der Waals surface area contributed by atoms with Crippen molar-refractivity contribution in [2.45, 2.75) is 36.6 Å². The zero-order valence-electron chi connectivity index (χ0n) is 12.0. The van der Waals surface area contributed by atoms with E-state index >= 15 is 0 Å². The Morgan fingerprint density at radius 2 is 2.10 bits per heavy atom. The van der Waals surface area contributed by atoms with E-state index in [9.17, 15) is 17.2 Å². The van der Waals surface area contributed by atoms with Gasteiger partial charge in [-0.2, -0.15) is 4.31 Å². The Morgan fingerprint density at radius 3 is 2.76 bits per heavy atom. The molecule has 0 bridgehead atoms. The van der Waals surface area contributed by atoms with Gasteiger partial charge in [0.15, 0.2) is 0 Å².